The number of terminal acetylenes is 1. The number of anilines is 3. The highest BCUT2D eigenvalue weighted by Crippen LogP contribution is 2.38. The molecule has 28 heavy (non-hydrogen) atoms. The van der Waals surface area contributed by atoms with Crippen LogP contribution in [-0.4, -0.2) is 53.9 Å². The van der Waals surface area contributed by atoms with E-state index in [2.05, 4.69) is 31.5 Å². The number of nitrogens with zero attached hydrogens (tertiary/aromatic N) is 4. The van der Waals surface area contributed by atoms with E-state index < -0.39 is 31.5 Å². The summed E-state index contributed by atoms with van der Waals surface area (Å²) >= 11 is 0. The Bertz CT molecular complexity index is 653. The van der Waals surface area contributed by atoms with E-state index in [4.69, 9.17) is 16.1 Å². The van der Waals surface area contributed by atoms with Crippen LogP contribution in [-0.2, 0) is 9.68 Å². The van der Waals surface area contributed by atoms with Crippen molar-refractivity contribution in [3.8, 4) is 12.3 Å². The summed E-state index contributed by atoms with van der Waals surface area (Å²) in [6.07, 6.45) is -1.67. The molecule has 0 spiro atoms. The monoisotopic (exact) mass is 412 g/mol. The fraction of sp³-hybridized carbons (Fsp3) is 0.667. The molecule has 1 heterocycles. The molecule has 0 atom stereocenters. The Morgan fingerprint density at radius 3 is 2.29 bits per heavy atom. The Morgan fingerprint density at radius 1 is 1.11 bits per heavy atom. The molecule has 0 aliphatic rings. The lowest BCUT2D eigenvalue weighted by molar-refractivity contribution is -0.285. The average molecular weight is 412 g/mol. The van der Waals surface area contributed by atoms with Gasteiger partial charge in [-0.25, -0.2) is 9.68 Å². The van der Waals surface area contributed by atoms with E-state index in [1.165, 1.54) is 7.11 Å². The van der Waals surface area contributed by atoms with Crippen molar-refractivity contribution in [3.05, 3.63) is 0 Å². The van der Waals surface area contributed by atoms with Crippen LogP contribution in [0.3, 0.4) is 0 Å². The third-order valence-corrected chi connectivity index (χ3v) is 3.09. The van der Waals surface area contributed by atoms with E-state index in [1.54, 1.807) is 0 Å². The number of aromatic nitrogens is 3. The minimum absolute atomic E-state index is 0.0933. The van der Waals surface area contributed by atoms with Crippen LogP contribution < -0.4 is 15.9 Å². The number of alkyl halides is 5. The first kappa shape index (κ1) is 23.6. The molecular formula is C15H21F5N6O2. The van der Waals surface area contributed by atoms with E-state index in [9.17, 15) is 22.0 Å². The quantitative estimate of drug-likeness (QED) is 0.235. The molecule has 0 amide bonds. The number of rotatable bonds is 12. The molecule has 0 saturated heterocycles. The summed E-state index contributed by atoms with van der Waals surface area (Å²) in [5.74, 6) is -2.36. The van der Waals surface area contributed by atoms with Gasteiger partial charge in [-0.05, 0) is 12.8 Å². The van der Waals surface area contributed by atoms with Crippen molar-refractivity contribution in [2.45, 2.75) is 38.3 Å². The SMILES string of the molecule is C#CCNc1nc(NCCC)nc(N(OC)OCCCC(F)(F)C(F)(F)F)n1. The van der Waals surface area contributed by atoms with Crippen LogP contribution in [0.2, 0.25) is 0 Å². The molecule has 13 heteroatoms. The molecule has 1 aromatic rings. The van der Waals surface area contributed by atoms with Gasteiger partial charge in [-0.15, -0.1) is 6.42 Å². The topological polar surface area (TPSA) is 84.4 Å². The predicted molar refractivity (Wildman–Crippen MR) is 91.6 cm³/mol. The Morgan fingerprint density at radius 2 is 1.75 bits per heavy atom. The van der Waals surface area contributed by atoms with Gasteiger partial charge < -0.3 is 10.6 Å². The zero-order valence-electron chi connectivity index (χ0n) is 15.3. The van der Waals surface area contributed by atoms with Crippen molar-refractivity contribution in [1.82, 2.24) is 15.0 Å². The van der Waals surface area contributed by atoms with Gasteiger partial charge in [0.2, 0.25) is 11.9 Å². The summed E-state index contributed by atoms with van der Waals surface area (Å²) < 4.78 is 62.3. The molecule has 8 nitrogen and oxygen atoms in total. The van der Waals surface area contributed by atoms with Crippen LogP contribution in [0.1, 0.15) is 26.2 Å². The number of hydrogen-bond acceptors (Lipinski definition) is 8. The highest BCUT2D eigenvalue weighted by Gasteiger charge is 2.56. The Kier molecular flexibility index (Phi) is 9.07. The van der Waals surface area contributed by atoms with E-state index in [0.29, 0.717) is 11.8 Å². The standard InChI is InChI=1S/C15H21F5N6O2/c1-4-8-21-11-23-12(22-9-5-2)25-13(24-11)26(27-3)28-10-6-7-14(16,17)15(18,19)20/h1H,5-10H2,2-3H3,(H2,21,22,23,24,25). The second-order valence-electron chi connectivity index (χ2n) is 5.35. The fourth-order valence-corrected chi connectivity index (χ4v) is 1.75. The lowest BCUT2D eigenvalue weighted by atomic mass is 10.2. The summed E-state index contributed by atoms with van der Waals surface area (Å²) in [7, 11) is 1.18. The Hall–Kier alpha value is -2.46. The van der Waals surface area contributed by atoms with Gasteiger partial charge in [0, 0.05) is 13.0 Å². The maximum absolute atomic E-state index is 12.9. The predicted octanol–water partition coefficient (Wildman–Crippen LogP) is 3.02. The Balaban J connectivity index is 2.79. The molecule has 158 valence electrons. The van der Waals surface area contributed by atoms with Crippen molar-refractivity contribution in [3.63, 3.8) is 0 Å². The molecular weight excluding hydrogens is 391 g/mol. The van der Waals surface area contributed by atoms with Crippen LogP contribution in [0.4, 0.5) is 39.8 Å². The average Bonchev–Trinajstić information content (AvgIpc) is 2.63. The summed E-state index contributed by atoms with van der Waals surface area (Å²) in [6.45, 7) is 2.11. The van der Waals surface area contributed by atoms with Crippen LogP contribution >= 0.6 is 0 Å². The summed E-state index contributed by atoms with van der Waals surface area (Å²) in [6, 6.07) is 0. The van der Waals surface area contributed by atoms with E-state index in [1.807, 2.05) is 6.92 Å². The zero-order valence-corrected chi connectivity index (χ0v) is 15.3. The third-order valence-electron chi connectivity index (χ3n) is 3.09. The first-order valence-corrected chi connectivity index (χ1v) is 8.23. The Labute approximate surface area is 158 Å². The number of hydrogen-bond donors (Lipinski definition) is 2. The number of nitrogens with one attached hydrogen (secondary N) is 2. The molecule has 0 radical (unpaired) electrons. The maximum atomic E-state index is 12.9. The lowest BCUT2D eigenvalue weighted by Crippen LogP contribution is -2.36. The van der Waals surface area contributed by atoms with Crippen molar-refractivity contribution in [2.75, 3.05) is 42.7 Å². The molecule has 0 fully saturated rings. The highest BCUT2D eigenvalue weighted by atomic mass is 19.4. The first-order valence-electron chi connectivity index (χ1n) is 8.23. The maximum Gasteiger partial charge on any atom is 0.453 e. The lowest BCUT2D eigenvalue weighted by Gasteiger charge is -2.21. The van der Waals surface area contributed by atoms with Crippen molar-refractivity contribution < 1.29 is 31.6 Å². The van der Waals surface area contributed by atoms with Gasteiger partial charge in [0.25, 0.3) is 5.95 Å². The van der Waals surface area contributed by atoms with Crippen LogP contribution in [0.15, 0.2) is 0 Å². The van der Waals surface area contributed by atoms with Crippen LogP contribution in [0, 0.1) is 12.3 Å². The van der Waals surface area contributed by atoms with E-state index in [0.717, 1.165) is 6.42 Å². The summed E-state index contributed by atoms with van der Waals surface area (Å²) in [5.41, 5.74) is 0. The molecule has 0 aliphatic carbocycles. The van der Waals surface area contributed by atoms with Gasteiger partial charge in [0.05, 0.1) is 20.3 Å². The van der Waals surface area contributed by atoms with Gasteiger partial charge >= 0.3 is 12.1 Å². The van der Waals surface area contributed by atoms with Crippen molar-refractivity contribution in [2.24, 2.45) is 0 Å². The smallest absolute Gasteiger partial charge is 0.354 e. The van der Waals surface area contributed by atoms with Gasteiger partial charge in [0.15, 0.2) is 0 Å². The van der Waals surface area contributed by atoms with Crippen LogP contribution in [0.5, 0.6) is 0 Å². The first-order chi connectivity index (χ1) is 13.1. The van der Waals surface area contributed by atoms with Gasteiger partial charge in [-0.1, -0.05) is 18.1 Å². The van der Waals surface area contributed by atoms with E-state index in [-0.39, 0.29) is 24.4 Å². The fourth-order valence-electron chi connectivity index (χ4n) is 1.75. The molecule has 1 aromatic heterocycles. The highest BCUT2D eigenvalue weighted by molar-refractivity contribution is 5.42. The zero-order chi connectivity index (χ0) is 21.2. The molecule has 1 rings (SSSR count). The molecule has 0 unspecified atom stereocenters. The van der Waals surface area contributed by atoms with Gasteiger partial charge in [-0.2, -0.15) is 36.9 Å². The van der Waals surface area contributed by atoms with Gasteiger partial charge in [-0.3, -0.25) is 0 Å². The second kappa shape index (κ2) is 10.8. The minimum atomic E-state index is -5.61. The third kappa shape index (κ3) is 7.28. The second-order valence-corrected chi connectivity index (χ2v) is 5.35. The largest absolute Gasteiger partial charge is 0.453 e. The minimum Gasteiger partial charge on any atom is -0.354 e. The molecule has 0 aliphatic heterocycles. The summed E-state index contributed by atoms with van der Waals surface area (Å²) in [4.78, 5) is 22.1. The van der Waals surface area contributed by atoms with Gasteiger partial charge in [0.1, 0.15) is 0 Å². The van der Waals surface area contributed by atoms with E-state index >= 15 is 0 Å². The van der Waals surface area contributed by atoms with Crippen molar-refractivity contribution >= 4 is 17.8 Å². The number of halogens is 5. The van der Waals surface area contributed by atoms with Crippen molar-refractivity contribution in [1.29, 1.82) is 0 Å². The normalized spacial score (nSPS) is 11.8. The summed E-state index contributed by atoms with van der Waals surface area (Å²) in [5, 5.41) is 6.34. The molecule has 0 saturated carbocycles. The molecule has 2 N–H and O–H groups in total. The molecule has 0 aromatic carbocycles. The molecule has 0 bridgehead atoms. The van der Waals surface area contributed by atoms with Crippen LogP contribution in [0.25, 0.3) is 0 Å².